The van der Waals surface area contributed by atoms with E-state index in [1.165, 1.54) is 19.3 Å². The fraction of sp³-hybridized carbons (Fsp3) is 0.923. The van der Waals surface area contributed by atoms with Crippen LogP contribution in [-0.4, -0.2) is 23.4 Å². The van der Waals surface area contributed by atoms with Crippen LogP contribution >= 0.6 is 20.0 Å². The molecule has 0 aromatic carbocycles. The van der Waals surface area contributed by atoms with Crippen LogP contribution in [0.25, 0.3) is 0 Å². The molecule has 1 saturated carbocycles. The van der Waals surface area contributed by atoms with E-state index in [-0.39, 0.29) is 12.2 Å². The van der Waals surface area contributed by atoms with Gasteiger partial charge in [0, 0.05) is 6.04 Å². The maximum absolute atomic E-state index is 12.6. The van der Waals surface area contributed by atoms with Gasteiger partial charge in [0.15, 0.2) is 5.11 Å². The minimum atomic E-state index is -3.41. The van der Waals surface area contributed by atoms with Crippen molar-refractivity contribution in [1.82, 2.24) is 10.4 Å². The normalized spacial score (nSPS) is 17.5. The average Bonchev–Trinajstić information content (AvgIpc) is 2.26. The molecule has 0 heterocycles. The van der Waals surface area contributed by atoms with Gasteiger partial charge in [0.2, 0.25) is 0 Å². The van der Waals surface area contributed by atoms with Crippen molar-refractivity contribution in [2.24, 2.45) is 0 Å². The lowest BCUT2D eigenvalue weighted by molar-refractivity contribution is 0.139. The molecule has 1 rings (SSSR count). The molecule has 0 aliphatic heterocycles. The Kier molecular flexibility index (Phi) is 7.45. The van der Waals surface area contributed by atoms with Gasteiger partial charge in [-0.15, -0.1) is 0 Å². The van der Waals surface area contributed by atoms with Gasteiger partial charge < -0.3 is 5.32 Å². The molecule has 0 bridgehead atoms. The largest absolute Gasteiger partial charge is 0.434 e. The van der Waals surface area contributed by atoms with Crippen molar-refractivity contribution < 1.29 is 13.6 Å². The Morgan fingerprint density at radius 2 is 1.60 bits per heavy atom. The molecule has 0 aromatic rings. The van der Waals surface area contributed by atoms with E-state index in [0.29, 0.717) is 11.2 Å². The van der Waals surface area contributed by atoms with Crippen molar-refractivity contribution in [3.63, 3.8) is 0 Å². The highest BCUT2D eigenvalue weighted by Crippen LogP contribution is 2.46. The standard InChI is InChI=1S/C13H27N2O3PS/c1-10(2)17-19(16,18-11(3)4)15-13(20)14-12-8-6-5-7-9-12/h10-12H,5-9H2,1-4H3,(H2,14,15,16,20). The van der Waals surface area contributed by atoms with E-state index < -0.39 is 7.75 Å². The van der Waals surface area contributed by atoms with E-state index in [1.54, 1.807) is 0 Å². The molecule has 0 atom stereocenters. The molecule has 7 heteroatoms. The third-order valence-electron chi connectivity index (χ3n) is 2.88. The Bertz CT molecular complexity index is 344. The molecule has 0 radical (unpaired) electrons. The van der Waals surface area contributed by atoms with Gasteiger partial charge in [-0.1, -0.05) is 19.3 Å². The van der Waals surface area contributed by atoms with Crippen molar-refractivity contribution in [2.75, 3.05) is 0 Å². The van der Waals surface area contributed by atoms with Crippen LogP contribution < -0.4 is 10.4 Å². The van der Waals surface area contributed by atoms with Crippen LogP contribution in [0.5, 0.6) is 0 Å². The van der Waals surface area contributed by atoms with Gasteiger partial charge in [0.1, 0.15) is 0 Å². The van der Waals surface area contributed by atoms with Crippen molar-refractivity contribution in [3.8, 4) is 0 Å². The monoisotopic (exact) mass is 322 g/mol. The highest BCUT2D eigenvalue weighted by Gasteiger charge is 2.29. The van der Waals surface area contributed by atoms with Crippen LogP contribution in [0.15, 0.2) is 0 Å². The van der Waals surface area contributed by atoms with E-state index in [0.717, 1.165) is 12.8 Å². The van der Waals surface area contributed by atoms with Gasteiger partial charge in [-0.05, 0) is 52.8 Å². The molecule has 0 aromatic heterocycles. The lowest BCUT2D eigenvalue weighted by Crippen LogP contribution is -2.42. The summed E-state index contributed by atoms with van der Waals surface area (Å²) in [5, 5.41) is 6.29. The van der Waals surface area contributed by atoms with Gasteiger partial charge >= 0.3 is 7.75 Å². The average molecular weight is 322 g/mol. The smallest absolute Gasteiger partial charge is 0.360 e. The molecule has 0 saturated heterocycles. The predicted molar refractivity (Wildman–Crippen MR) is 85.8 cm³/mol. The van der Waals surface area contributed by atoms with E-state index >= 15 is 0 Å². The van der Waals surface area contributed by atoms with Gasteiger partial charge in [0.05, 0.1) is 12.2 Å². The minimum absolute atomic E-state index is 0.204. The van der Waals surface area contributed by atoms with Crippen molar-refractivity contribution in [2.45, 2.75) is 78.0 Å². The molecule has 1 aliphatic carbocycles. The van der Waals surface area contributed by atoms with Gasteiger partial charge in [-0.25, -0.2) is 4.57 Å². The Morgan fingerprint density at radius 3 is 2.05 bits per heavy atom. The lowest BCUT2D eigenvalue weighted by Gasteiger charge is -2.27. The second-order valence-corrected chi connectivity index (χ2v) is 7.77. The fourth-order valence-corrected chi connectivity index (χ4v) is 4.30. The highest BCUT2D eigenvalue weighted by molar-refractivity contribution is 7.81. The molecule has 0 amide bonds. The van der Waals surface area contributed by atoms with E-state index in [4.69, 9.17) is 21.3 Å². The van der Waals surface area contributed by atoms with Crippen LogP contribution in [0, 0.1) is 0 Å². The number of hydrogen-bond acceptors (Lipinski definition) is 4. The van der Waals surface area contributed by atoms with Gasteiger partial charge in [-0.3, -0.25) is 14.1 Å². The number of hydrogen-bond donors (Lipinski definition) is 2. The van der Waals surface area contributed by atoms with Crippen LogP contribution in [0.3, 0.4) is 0 Å². The third kappa shape index (κ3) is 7.02. The van der Waals surface area contributed by atoms with Crippen molar-refractivity contribution in [1.29, 1.82) is 0 Å². The molecular formula is C13H27N2O3PS. The first kappa shape index (κ1) is 17.9. The molecule has 1 aliphatic rings. The Hall–Kier alpha value is -0.160. The second-order valence-electron chi connectivity index (χ2n) is 5.73. The molecule has 0 unspecified atom stereocenters. The van der Waals surface area contributed by atoms with Crippen LogP contribution in [0.1, 0.15) is 59.8 Å². The third-order valence-corrected chi connectivity index (χ3v) is 5.15. The molecule has 2 N–H and O–H groups in total. The number of nitrogens with one attached hydrogen (secondary N) is 2. The number of thiocarbonyl (C=S) groups is 1. The summed E-state index contributed by atoms with van der Waals surface area (Å²) in [4.78, 5) is 0. The second kappa shape index (κ2) is 8.32. The van der Waals surface area contributed by atoms with Crippen LogP contribution in [0.2, 0.25) is 0 Å². The Balaban J connectivity index is 2.54. The SMILES string of the molecule is CC(C)OP(=O)(NC(=S)NC1CCCCC1)OC(C)C. The summed E-state index contributed by atoms with van der Waals surface area (Å²) in [6.07, 6.45) is 5.49. The fourth-order valence-electron chi connectivity index (χ4n) is 2.22. The lowest BCUT2D eigenvalue weighted by atomic mass is 9.96. The first-order valence-electron chi connectivity index (χ1n) is 7.36. The Labute approximate surface area is 127 Å². The van der Waals surface area contributed by atoms with Gasteiger partial charge in [0.25, 0.3) is 0 Å². The molecule has 5 nitrogen and oxygen atoms in total. The van der Waals surface area contributed by atoms with Crippen molar-refractivity contribution in [3.05, 3.63) is 0 Å². The van der Waals surface area contributed by atoms with Crippen LogP contribution in [0.4, 0.5) is 0 Å². The van der Waals surface area contributed by atoms with Crippen LogP contribution in [-0.2, 0) is 13.6 Å². The van der Waals surface area contributed by atoms with E-state index in [9.17, 15) is 4.57 Å². The van der Waals surface area contributed by atoms with Crippen molar-refractivity contribution >= 4 is 25.1 Å². The molecule has 0 spiro atoms. The zero-order valence-corrected chi connectivity index (χ0v) is 14.6. The molecular weight excluding hydrogens is 295 g/mol. The Morgan fingerprint density at radius 1 is 1.10 bits per heavy atom. The summed E-state index contributed by atoms with van der Waals surface area (Å²) >= 11 is 5.23. The topological polar surface area (TPSA) is 59.6 Å². The summed E-state index contributed by atoms with van der Waals surface area (Å²) in [6, 6.07) is 0.357. The first-order valence-corrected chi connectivity index (χ1v) is 9.31. The van der Waals surface area contributed by atoms with Gasteiger partial charge in [-0.2, -0.15) is 0 Å². The highest BCUT2D eigenvalue weighted by atomic mass is 32.1. The zero-order valence-electron chi connectivity index (χ0n) is 12.8. The predicted octanol–water partition coefficient (Wildman–Crippen LogP) is 3.74. The first-order chi connectivity index (χ1) is 9.31. The zero-order chi connectivity index (χ0) is 15.2. The minimum Gasteiger partial charge on any atom is -0.360 e. The summed E-state index contributed by atoms with van der Waals surface area (Å²) < 4.78 is 23.4. The summed E-state index contributed by atoms with van der Waals surface area (Å²) in [7, 11) is -3.41. The van der Waals surface area contributed by atoms with E-state index in [1.807, 2.05) is 27.7 Å². The maximum atomic E-state index is 12.6. The maximum Gasteiger partial charge on any atom is 0.434 e. The molecule has 118 valence electrons. The summed E-state index contributed by atoms with van der Waals surface area (Å²) in [5.41, 5.74) is 0. The van der Waals surface area contributed by atoms with E-state index in [2.05, 4.69) is 10.4 Å². The molecule has 20 heavy (non-hydrogen) atoms. The number of rotatable bonds is 6. The quantitative estimate of drug-likeness (QED) is 0.574. The molecule has 1 fully saturated rings. The summed E-state index contributed by atoms with van der Waals surface area (Å²) in [5.74, 6) is 0. The summed E-state index contributed by atoms with van der Waals surface area (Å²) in [6.45, 7) is 7.26.